The number of hydrogen-bond acceptors (Lipinski definition) is 6. The van der Waals surface area contributed by atoms with Crippen molar-refractivity contribution in [1.82, 2.24) is 4.31 Å². The SMILES string of the molecule is COc1ccc(S(=O)(=O)N(C)C)cc1NC(=O)COC(=O)[C@@H]1CC=CCC1. The first-order valence-electron chi connectivity index (χ1n) is 8.47. The molecule has 1 aromatic carbocycles. The van der Waals surface area contributed by atoms with Crippen molar-refractivity contribution in [2.45, 2.75) is 24.2 Å². The van der Waals surface area contributed by atoms with E-state index in [1.807, 2.05) is 12.2 Å². The lowest BCUT2D eigenvalue weighted by Crippen LogP contribution is -2.26. The average molecular weight is 396 g/mol. The van der Waals surface area contributed by atoms with Crippen LogP contribution in [0.1, 0.15) is 19.3 Å². The summed E-state index contributed by atoms with van der Waals surface area (Å²) in [6.07, 6.45) is 6.07. The number of ether oxygens (including phenoxy) is 2. The van der Waals surface area contributed by atoms with Crippen LogP contribution in [-0.4, -0.2) is 52.4 Å². The standard InChI is InChI=1S/C18H24N2O6S/c1-20(2)27(23,24)14-9-10-16(25-3)15(11-14)19-17(21)12-26-18(22)13-7-5-4-6-8-13/h4-5,9-11,13H,6-8,12H2,1-3H3,(H,19,21)/t13-/m1/s1. The Balaban J connectivity index is 2.05. The summed E-state index contributed by atoms with van der Waals surface area (Å²) in [7, 11) is 0.568. The van der Waals surface area contributed by atoms with E-state index in [1.165, 1.54) is 39.4 Å². The van der Waals surface area contributed by atoms with E-state index in [1.54, 1.807) is 0 Å². The average Bonchev–Trinajstić information content (AvgIpc) is 2.66. The minimum atomic E-state index is -3.67. The highest BCUT2D eigenvalue weighted by Crippen LogP contribution is 2.28. The van der Waals surface area contributed by atoms with Gasteiger partial charge in [-0.2, -0.15) is 0 Å². The van der Waals surface area contributed by atoms with Gasteiger partial charge in [0, 0.05) is 14.1 Å². The van der Waals surface area contributed by atoms with Crippen molar-refractivity contribution in [3.63, 3.8) is 0 Å². The molecule has 0 heterocycles. The molecular formula is C18H24N2O6S. The highest BCUT2D eigenvalue weighted by atomic mass is 32.2. The van der Waals surface area contributed by atoms with Gasteiger partial charge in [0.25, 0.3) is 5.91 Å². The van der Waals surface area contributed by atoms with E-state index >= 15 is 0 Å². The fraction of sp³-hybridized carbons (Fsp3) is 0.444. The number of nitrogens with one attached hydrogen (secondary N) is 1. The van der Waals surface area contributed by atoms with Gasteiger partial charge < -0.3 is 14.8 Å². The molecule has 0 saturated carbocycles. The highest BCUT2D eigenvalue weighted by Gasteiger charge is 2.22. The maximum Gasteiger partial charge on any atom is 0.309 e. The molecular weight excluding hydrogens is 372 g/mol. The second-order valence-electron chi connectivity index (χ2n) is 6.29. The molecule has 8 nitrogen and oxygen atoms in total. The molecule has 0 radical (unpaired) electrons. The van der Waals surface area contributed by atoms with E-state index in [2.05, 4.69) is 5.32 Å². The summed E-state index contributed by atoms with van der Waals surface area (Å²) in [6, 6.07) is 4.15. The maximum atomic E-state index is 12.3. The molecule has 148 valence electrons. The van der Waals surface area contributed by atoms with E-state index in [0.717, 1.165) is 10.7 Å². The molecule has 0 bridgehead atoms. The van der Waals surface area contributed by atoms with Crippen LogP contribution >= 0.6 is 0 Å². The molecule has 1 amide bonds. The van der Waals surface area contributed by atoms with Crippen LogP contribution in [0, 0.1) is 5.92 Å². The topological polar surface area (TPSA) is 102 Å². The zero-order chi connectivity index (χ0) is 20.0. The van der Waals surface area contributed by atoms with Crippen LogP contribution in [0.5, 0.6) is 5.75 Å². The van der Waals surface area contributed by atoms with Crippen LogP contribution in [0.4, 0.5) is 5.69 Å². The predicted octanol–water partition coefficient (Wildman–Crippen LogP) is 1.78. The lowest BCUT2D eigenvalue weighted by molar-refractivity contribution is -0.151. The van der Waals surface area contributed by atoms with Crippen molar-refractivity contribution < 1.29 is 27.5 Å². The maximum absolute atomic E-state index is 12.3. The Labute approximate surface area is 159 Å². The van der Waals surface area contributed by atoms with Crippen LogP contribution in [0.2, 0.25) is 0 Å². The Bertz CT molecular complexity index is 832. The molecule has 2 rings (SSSR count). The summed E-state index contributed by atoms with van der Waals surface area (Å²) in [5.74, 6) is -0.923. The van der Waals surface area contributed by atoms with Gasteiger partial charge in [-0.05, 0) is 37.5 Å². The smallest absolute Gasteiger partial charge is 0.309 e. The van der Waals surface area contributed by atoms with Crippen LogP contribution in [0.3, 0.4) is 0 Å². The number of carbonyl (C=O) groups excluding carboxylic acids is 2. The number of allylic oxidation sites excluding steroid dienone is 2. The summed E-state index contributed by atoms with van der Waals surface area (Å²) in [5.41, 5.74) is 0.182. The van der Waals surface area contributed by atoms with Gasteiger partial charge >= 0.3 is 5.97 Å². The number of esters is 1. The van der Waals surface area contributed by atoms with Crippen molar-refractivity contribution in [2.24, 2.45) is 5.92 Å². The van der Waals surface area contributed by atoms with E-state index < -0.39 is 28.5 Å². The van der Waals surface area contributed by atoms with E-state index in [0.29, 0.717) is 18.6 Å². The number of benzene rings is 1. The first kappa shape index (κ1) is 20.9. The number of hydrogen-bond donors (Lipinski definition) is 1. The molecule has 0 unspecified atom stereocenters. The quantitative estimate of drug-likeness (QED) is 0.557. The van der Waals surface area contributed by atoms with Crippen LogP contribution < -0.4 is 10.1 Å². The van der Waals surface area contributed by atoms with Gasteiger partial charge in [0.05, 0.1) is 23.6 Å². The van der Waals surface area contributed by atoms with Gasteiger partial charge in [0.1, 0.15) is 5.75 Å². The third-order valence-corrected chi connectivity index (χ3v) is 5.98. The molecule has 27 heavy (non-hydrogen) atoms. The molecule has 1 atom stereocenters. The van der Waals surface area contributed by atoms with E-state index in [9.17, 15) is 18.0 Å². The highest BCUT2D eigenvalue weighted by molar-refractivity contribution is 7.89. The third-order valence-electron chi connectivity index (χ3n) is 4.17. The molecule has 1 aliphatic rings. The van der Waals surface area contributed by atoms with Crippen molar-refractivity contribution in [1.29, 1.82) is 0 Å². The second kappa shape index (κ2) is 9.01. The number of carbonyl (C=O) groups is 2. The van der Waals surface area contributed by atoms with Crippen molar-refractivity contribution >= 4 is 27.6 Å². The molecule has 0 aliphatic heterocycles. The zero-order valence-electron chi connectivity index (χ0n) is 15.6. The largest absolute Gasteiger partial charge is 0.495 e. The van der Waals surface area contributed by atoms with Gasteiger partial charge in [-0.15, -0.1) is 0 Å². The second-order valence-corrected chi connectivity index (χ2v) is 8.44. The van der Waals surface area contributed by atoms with Gasteiger partial charge in [0.15, 0.2) is 6.61 Å². The number of nitrogens with zero attached hydrogens (tertiary/aromatic N) is 1. The molecule has 1 aliphatic carbocycles. The Kier molecular flexibility index (Phi) is 6.98. The first-order valence-corrected chi connectivity index (χ1v) is 9.91. The Morgan fingerprint density at radius 1 is 1.26 bits per heavy atom. The van der Waals surface area contributed by atoms with Crippen LogP contribution in [-0.2, 0) is 24.3 Å². The normalized spacial score (nSPS) is 16.8. The number of sulfonamides is 1. The van der Waals surface area contributed by atoms with Crippen LogP contribution in [0.25, 0.3) is 0 Å². The molecule has 0 aromatic heterocycles. The van der Waals surface area contributed by atoms with E-state index in [4.69, 9.17) is 9.47 Å². The molecule has 9 heteroatoms. The van der Waals surface area contributed by atoms with E-state index in [-0.39, 0.29) is 16.5 Å². The monoisotopic (exact) mass is 396 g/mol. The van der Waals surface area contributed by atoms with Crippen molar-refractivity contribution in [2.75, 3.05) is 33.1 Å². The summed E-state index contributed by atoms with van der Waals surface area (Å²) >= 11 is 0. The van der Waals surface area contributed by atoms with Crippen molar-refractivity contribution in [3.8, 4) is 5.75 Å². The van der Waals surface area contributed by atoms with Gasteiger partial charge in [-0.1, -0.05) is 12.2 Å². The first-order chi connectivity index (χ1) is 12.8. The van der Waals surface area contributed by atoms with Gasteiger partial charge in [0.2, 0.25) is 10.0 Å². The minimum absolute atomic E-state index is 0.00888. The minimum Gasteiger partial charge on any atom is -0.495 e. The summed E-state index contributed by atoms with van der Waals surface area (Å²) in [4.78, 5) is 24.1. The Morgan fingerprint density at radius 3 is 2.59 bits per heavy atom. The zero-order valence-corrected chi connectivity index (χ0v) is 16.4. The number of anilines is 1. The van der Waals surface area contributed by atoms with Crippen LogP contribution in [0.15, 0.2) is 35.2 Å². The lowest BCUT2D eigenvalue weighted by atomic mass is 9.95. The molecule has 0 saturated heterocycles. The molecule has 0 fully saturated rings. The fourth-order valence-electron chi connectivity index (χ4n) is 2.60. The Morgan fingerprint density at radius 2 is 2.00 bits per heavy atom. The molecule has 1 aromatic rings. The lowest BCUT2D eigenvalue weighted by Gasteiger charge is -2.17. The fourth-order valence-corrected chi connectivity index (χ4v) is 3.53. The van der Waals surface area contributed by atoms with Gasteiger partial charge in [-0.3, -0.25) is 9.59 Å². The number of amides is 1. The summed E-state index contributed by atoms with van der Waals surface area (Å²) < 4.78 is 35.8. The third kappa shape index (κ3) is 5.30. The number of rotatable bonds is 7. The van der Waals surface area contributed by atoms with Crippen molar-refractivity contribution in [3.05, 3.63) is 30.4 Å². The molecule has 1 N–H and O–H groups in total. The Hall–Kier alpha value is -2.39. The summed E-state index contributed by atoms with van der Waals surface area (Å²) in [6.45, 7) is -0.452. The van der Waals surface area contributed by atoms with Gasteiger partial charge in [-0.25, -0.2) is 12.7 Å². The number of methoxy groups -OCH3 is 1. The summed E-state index contributed by atoms with van der Waals surface area (Å²) in [5, 5.41) is 2.53. The molecule has 0 spiro atoms. The predicted molar refractivity (Wildman–Crippen MR) is 99.9 cm³/mol.